The summed E-state index contributed by atoms with van der Waals surface area (Å²) in [6.45, 7) is 3.53. The maximum atomic E-state index is 12.9. The van der Waals surface area contributed by atoms with Gasteiger partial charge < -0.3 is 15.4 Å². The van der Waals surface area contributed by atoms with Crippen LogP contribution in [-0.4, -0.2) is 56.2 Å². The second-order valence-corrected chi connectivity index (χ2v) is 10.4. The highest BCUT2D eigenvalue weighted by Gasteiger charge is 2.28. The molecule has 0 bridgehead atoms. The molecule has 0 atom stereocenters. The van der Waals surface area contributed by atoms with Gasteiger partial charge in [-0.1, -0.05) is 11.6 Å². The summed E-state index contributed by atoms with van der Waals surface area (Å²) in [6.07, 6.45) is 5.24. The average Bonchev–Trinajstić information content (AvgIpc) is 3.27. The number of fused-ring (bicyclic) bond motifs is 1. The maximum absolute atomic E-state index is 12.9. The average molecular weight is 487 g/mol. The fraction of sp³-hybridized carbons (Fsp3) is 0.474. The number of hydrogen-bond acceptors (Lipinski definition) is 8. The number of thiophene rings is 1. The molecule has 2 N–H and O–H groups in total. The molecule has 0 unspecified atom stereocenters. The Balaban J connectivity index is 1.82. The number of aromatic nitrogens is 2. The number of nitrogens with zero attached hydrogens (tertiary/aromatic N) is 2. The molecule has 0 saturated heterocycles. The van der Waals surface area contributed by atoms with Crippen LogP contribution in [0.5, 0.6) is 0 Å². The van der Waals surface area contributed by atoms with Crippen LogP contribution in [0, 0.1) is 0 Å². The van der Waals surface area contributed by atoms with Crippen LogP contribution in [0.15, 0.2) is 11.4 Å². The van der Waals surface area contributed by atoms with Gasteiger partial charge in [-0.25, -0.2) is 18.4 Å². The first-order valence-electron chi connectivity index (χ1n) is 9.76. The Morgan fingerprint density at radius 3 is 2.77 bits per heavy atom. The van der Waals surface area contributed by atoms with E-state index in [1.54, 1.807) is 0 Å². The van der Waals surface area contributed by atoms with Crippen LogP contribution in [-0.2, 0) is 27.4 Å². The lowest BCUT2D eigenvalue weighted by atomic mass is 10.1. The lowest BCUT2D eigenvalue weighted by molar-refractivity contribution is 0.0944. The van der Waals surface area contributed by atoms with Crippen molar-refractivity contribution >= 4 is 49.6 Å². The Bertz CT molecular complexity index is 1100. The fourth-order valence-corrected chi connectivity index (χ4v) is 5.15. The molecule has 2 amide bonds. The smallest absolute Gasteiger partial charge is 0.276 e. The topological polar surface area (TPSA) is 127 Å². The number of sulfone groups is 1. The van der Waals surface area contributed by atoms with E-state index >= 15 is 0 Å². The Hall–Kier alpha value is -2.08. The van der Waals surface area contributed by atoms with Crippen molar-refractivity contribution in [1.82, 2.24) is 15.3 Å². The minimum atomic E-state index is -3.72. The lowest BCUT2D eigenvalue weighted by Crippen LogP contribution is -2.27. The van der Waals surface area contributed by atoms with E-state index in [4.69, 9.17) is 16.3 Å². The summed E-state index contributed by atoms with van der Waals surface area (Å²) >= 11 is 7.37. The molecule has 0 saturated carbocycles. The highest BCUT2D eigenvalue weighted by Crippen LogP contribution is 2.39. The van der Waals surface area contributed by atoms with E-state index in [1.807, 2.05) is 6.92 Å². The van der Waals surface area contributed by atoms with Crippen LogP contribution in [0.1, 0.15) is 51.1 Å². The predicted molar refractivity (Wildman–Crippen MR) is 118 cm³/mol. The number of amides is 2. The number of carbonyl (C=O) groups is 2. The first-order chi connectivity index (χ1) is 14.7. The van der Waals surface area contributed by atoms with Gasteiger partial charge in [0.15, 0.2) is 5.69 Å². The summed E-state index contributed by atoms with van der Waals surface area (Å²) in [4.78, 5) is 34.2. The molecule has 0 aliphatic heterocycles. The monoisotopic (exact) mass is 486 g/mol. The normalized spacial score (nSPS) is 13.1. The van der Waals surface area contributed by atoms with E-state index in [0.29, 0.717) is 36.7 Å². The molecule has 0 spiro atoms. The zero-order valence-corrected chi connectivity index (χ0v) is 19.5. The summed E-state index contributed by atoms with van der Waals surface area (Å²) in [6, 6.07) is 0. The second-order valence-electron chi connectivity index (χ2n) is 6.94. The van der Waals surface area contributed by atoms with Crippen molar-refractivity contribution < 1.29 is 22.7 Å². The number of aryl methyl sites for hydroxylation is 1. The van der Waals surface area contributed by atoms with E-state index in [-0.39, 0.29) is 16.6 Å². The molecule has 9 nitrogen and oxygen atoms in total. The molecule has 2 aromatic rings. The van der Waals surface area contributed by atoms with Crippen LogP contribution in [0.3, 0.4) is 0 Å². The van der Waals surface area contributed by atoms with E-state index in [1.165, 1.54) is 11.3 Å². The van der Waals surface area contributed by atoms with Crippen LogP contribution < -0.4 is 10.6 Å². The van der Waals surface area contributed by atoms with Gasteiger partial charge in [0.1, 0.15) is 5.00 Å². The molecule has 31 heavy (non-hydrogen) atoms. The zero-order valence-electron chi connectivity index (χ0n) is 17.2. The Morgan fingerprint density at radius 1 is 1.29 bits per heavy atom. The van der Waals surface area contributed by atoms with Gasteiger partial charge >= 0.3 is 0 Å². The standard InChI is InChI=1S/C19H23ClN4O5S2/c1-3-29-9-5-8-21-16(25)14-11-6-4-7-13(11)30-18(14)24-17(26)15-12(20)10-22-19(23-15)31(2,27)28/h10H,3-9H2,1-2H3,(H,21,25)(H,24,26). The Morgan fingerprint density at radius 2 is 2.06 bits per heavy atom. The number of carbonyl (C=O) groups excluding carboxylic acids is 2. The summed E-state index contributed by atoms with van der Waals surface area (Å²) in [7, 11) is -3.72. The van der Waals surface area contributed by atoms with Gasteiger partial charge in [-0.05, 0) is 38.2 Å². The third-order valence-corrected chi connectivity index (χ3v) is 6.94. The van der Waals surface area contributed by atoms with Gasteiger partial charge in [0.25, 0.3) is 11.8 Å². The Labute approximate surface area is 189 Å². The van der Waals surface area contributed by atoms with Gasteiger partial charge in [-0.3, -0.25) is 9.59 Å². The number of ether oxygens (including phenoxy) is 1. The number of rotatable bonds is 9. The molecule has 168 valence electrons. The predicted octanol–water partition coefficient (Wildman–Crippen LogP) is 2.49. The van der Waals surface area contributed by atoms with E-state index in [2.05, 4.69) is 20.6 Å². The zero-order chi connectivity index (χ0) is 22.6. The van der Waals surface area contributed by atoms with Gasteiger partial charge in [-0.2, -0.15) is 0 Å². The molecule has 2 heterocycles. The fourth-order valence-electron chi connectivity index (χ4n) is 3.19. The van der Waals surface area contributed by atoms with Crippen molar-refractivity contribution in [3.05, 3.63) is 32.9 Å². The number of nitrogens with one attached hydrogen (secondary N) is 2. The van der Waals surface area contributed by atoms with Crippen LogP contribution in [0.2, 0.25) is 5.02 Å². The largest absolute Gasteiger partial charge is 0.382 e. The lowest BCUT2D eigenvalue weighted by Gasteiger charge is -2.10. The number of hydrogen-bond donors (Lipinski definition) is 2. The first-order valence-corrected chi connectivity index (χ1v) is 12.8. The molecular formula is C19H23ClN4O5S2. The second kappa shape index (κ2) is 10.0. The van der Waals surface area contributed by atoms with Crippen molar-refractivity contribution in [2.45, 2.75) is 37.8 Å². The highest BCUT2D eigenvalue weighted by atomic mass is 35.5. The summed E-state index contributed by atoms with van der Waals surface area (Å²) in [5.74, 6) is -0.973. The van der Waals surface area contributed by atoms with Gasteiger partial charge in [0.05, 0.1) is 16.8 Å². The van der Waals surface area contributed by atoms with Crippen molar-refractivity contribution in [3.8, 4) is 0 Å². The summed E-state index contributed by atoms with van der Waals surface area (Å²) in [5, 5.41) is 5.38. The van der Waals surface area contributed by atoms with E-state index in [9.17, 15) is 18.0 Å². The van der Waals surface area contributed by atoms with E-state index < -0.39 is 20.9 Å². The first kappa shape index (κ1) is 23.6. The van der Waals surface area contributed by atoms with Gasteiger partial charge in [0, 0.05) is 30.9 Å². The molecule has 0 fully saturated rings. The number of halogens is 1. The molecule has 0 aromatic carbocycles. The van der Waals surface area contributed by atoms with Gasteiger partial charge in [0.2, 0.25) is 15.0 Å². The SMILES string of the molecule is CCOCCCNC(=O)c1c(NC(=O)c2nc(S(C)(=O)=O)ncc2Cl)sc2c1CCC2. The molecule has 0 radical (unpaired) electrons. The molecule has 1 aliphatic rings. The van der Waals surface area contributed by atoms with Crippen LogP contribution in [0.4, 0.5) is 5.00 Å². The molecular weight excluding hydrogens is 464 g/mol. The van der Waals surface area contributed by atoms with Crippen molar-refractivity contribution in [1.29, 1.82) is 0 Å². The highest BCUT2D eigenvalue weighted by molar-refractivity contribution is 7.90. The molecule has 12 heteroatoms. The van der Waals surface area contributed by atoms with Crippen molar-refractivity contribution in [2.24, 2.45) is 0 Å². The van der Waals surface area contributed by atoms with Crippen LogP contribution >= 0.6 is 22.9 Å². The number of anilines is 1. The minimum Gasteiger partial charge on any atom is -0.382 e. The molecule has 2 aromatic heterocycles. The van der Waals surface area contributed by atoms with E-state index in [0.717, 1.165) is 42.2 Å². The minimum absolute atomic E-state index is 0.0871. The van der Waals surface area contributed by atoms with Crippen molar-refractivity contribution in [2.75, 3.05) is 31.3 Å². The Kier molecular flexibility index (Phi) is 7.63. The van der Waals surface area contributed by atoms with Crippen LogP contribution in [0.25, 0.3) is 0 Å². The summed E-state index contributed by atoms with van der Waals surface area (Å²) in [5.41, 5.74) is 1.11. The summed E-state index contributed by atoms with van der Waals surface area (Å²) < 4.78 is 28.7. The van der Waals surface area contributed by atoms with Crippen molar-refractivity contribution in [3.63, 3.8) is 0 Å². The molecule has 3 rings (SSSR count). The van der Waals surface area contributed by atoms with Gasteiger partial charge in [-0.15, -0.1) is 11.3 Å². The third-order valence-electron chi connectivity index (χ3n) is 4.60. The third kappa shape index (κ3) is 5.59. The molecule has 1 aliphatic carbocycles. The quantitative estimate of drug-likeness (QED) is 0.411. The maximum Gasteiger partial charge on any atom is 0.276 e.